The lowest BCUT2D eigenvalue weighted by atomic mass is 10.2. The van der Waals surface area contributed by atoms with Crippen LogP contribution in [0.1, 0.15) is 31.1 Å². The highest BCUT2D eigenvalue weighted by atomic mass is 31.3. The molecule has 17 nitrogen and oxygen atoms in total. The Hall–Kier alpha value is -1.03. The fraction of sp³-hybridized carbons (Fsp3) is 0.714. The summed E-state index contributed by atoms with van der Waals surface area (Å²) in [5.74, 6) is 0.0935. The average Bonchev–Trinajstić information content (AvgIpc) is 3.42. The standard InChI is InChI=1S/C14H24N3O14P3/c1-7-5-17(14(19)16-13(7)18)11-4-9(29-12(15)8-2-3-8)10(28-11)6-27-33(23,24)31-34(25,26)30-32(20,21)22/h5,8-12H,2-4,6,15H2,1H3,(H,23,24)(H,25,26)(H,16,18,19)(H2,20,21,22)/t9-,10?,11-,12?/m1/s1. The van der Waals surface area contributed by atoms with Crippen LogP contribution < -0.4 is 17.0 Å². The second-order valence-electron chi connectivity index (χ2n) is 7.71. The summed E-state index contributed by atoms with van der Waals surface area (Å²) in [5, 5.41) is 0. The molecule has 0 bridgehead atoms. The second kappa shape index (κ2) is 10.1. The highest BCUT2D eigenvalue weighted by Crippen LogP contribution is 2.66. The minimum atomic E-state index is -5.69. The Labute approximate surface area is 191 Å². The molecule has 2 aliphatic rings. The van der Waals surface area contributed by atoms with Gasteiger partial charge in [-0.1, -0.05) is 0 Å². The maximum Gasteiger partial charge on any atom is 0.490 e. The number of nitrogens with zero attached hydrogens (tertiary/aromatic N) is 1. The third kappa shape index (κ3) is 7.73. The maximum atomic E-state index is 12.2. The first kappa shape index (κ1) is 27.6. The minimum absolute atomic E-state index is 0.0240. The van der Waals surface area contributed by atoms with Gasteiger partial charge in [-0.05, 0) is 25.7 Å². The Bertz CT molecular complexity index is 1160. The van der Waals surface area contributed by atoms with E-state index in [-0.39, 0.29) is 17.9 Å². The fourth-order valence-electron chi connectivity index (χ4n) is 3.17. The van der Waals surface area contributed by atoms with Crippen LogP contribution in [0.3, 0.4) is 0 Å². The number of phosphoric ester groups is 1. The largest absolute Gasteiger partial charge is 0.490 e. The smallest absolute Gasteiger partial charge is 0.357 e. The van der Waals surface area contributed by atoms with E-state index in [1.807, 2.05) is 0 Å². The van der Waals surface area contributed by atoms with Crippen LogP contribution in [0.25, 0.3) is 0 Å². The Balaban J connectivity index is 1.73. The molecule has 1 aliphatic heterocycles. The number of hydrogen-bond donors (Lipinski definition) is 6. The molecule has 1 aromatic rings. The van der Waals surface area contributed by atoms with Gasteiger partial charge >= 0.3 is 29.2 Å². The number of H-pyrrole nitrogens is 1. The minimum Gasteiger partial charge on any atom is -0.357 e. The van der Waals surface area contributed by atoms with Gasteiger partial charge in [-0.3, -0.25) is 18.9 Å². The van der Waals surface area contributed by atoms with E-state index in [4.69, 9.17) is 25.0 Å². The summed E-state index contributed by atoms with van der Waals surface area (Å²) in [5.41, 5.74) is 4.82. The SMILES string of the molecule is Cc1cn([C@H]2C[C@@H](OC(N)C3CC3)C(COP(=O)(O)OP(=O)(O)OP(=O)(O)O)O2)c(=O)[nH]c1=O. The van der Waals surface area contributed by atoms with E-state index in [0.29, 0.717) is 0 Å². The van der Waals surface area contributed by atoms with Gasteiger partial charge in [0.1, 0.15) is 18.6 Å². The van der Waals surface area contributed by atoms with Crippen molar-refractivity contribution in [2.75, 3.05) is 6.61 Å². The van der Waals surface area contributed by atoms with Crippen molar-refractivity contribution in [2.45, 2.75) is 50.8 Å². The average molecular weight is 551 g/mol. The van der Waals surface area contributed by atoms with Gasteiger partial charge in [-0.15, -0.1) is 0 Å². The van der Waals surface area contributed by atoms with Crippen molar-refractivity contribution < 1.29 is 55.9 Å². The summed E-state index contributed by atoms with van der Waals surface area (Å²) in [6.45, 7) is 0.687. The molecule has 0 spiro atoms. The summed E-state index contributed by atoms with van der Waals surface area (Å²) in [6, 6.07) is 0. The van der Waals surface area contributed by atoms with E-state index >= 15 is 0 Å². The monoisotopic (exact) mass is 551 g/mol. The summed E-state index contributed by atoms with van der Waals surface area (Å²) in [4.78, 5) is 62.1. The lowest BCUT2D eigenvalue weighted by Gasteiger charge is -2.23. The third-order valence-corrected chi connectivity index (χ3v) is 8.68. The lowest BCUT2D eigenvalue weighted by molar-refractivity contribution is -0.0839. The van der Waals surface area contributed by atoms with Gasteiger partial charge in [-0.25, -0.2) is 18.5 Å². The number of hydrogen-bond acceptors (Lipinski definition) is 11. The van der Waals surface area contributed by atoms with Crippen LogP contribution in [-0.4, -0.2) is 54.2 Å². The van der Waals surface area contributed by atoms with Crippen LogP contribution in [0, 0.1) is 12.8 Å². The molecule has 7 N–H and O–H groups in total. The molecule has 1 saturated carbocycles. The summed E-state index contributed by atoms with van der Waals surface area (Å²) >= 11 is 0. The van der Waals surface area contributed by atoms with Crippen molar-refractivity contribution in [3.63, 3.8) is 0 Å². The van der Waals surface area contributed by atoms with Gasteiger partial charge in [0.15, 0.2) is 0 Å². The van der Waals surface area contributed by atoms with Crippen LogP contribution in [0.15, 0.2) is 15.8 Å². The van der Waals surface area contributed by atoms with E-state index in [1.165, 1.54) is 13.1 Å². The molecule has 34 heavy (non-hydrogen) atoms. The number of ether oxygens (including phenoxy) is 2. The van der Waals surface area contributed by atoms with Crippen molar-refractivity contribution in [1.29, 1.82) is 0 Å². The van der Waals surface area contributed by atoms with Crippen molar-refractivity contribution in [3.05, 3.63) is 32.6 Å². The number of aromatic nitrogens is 2. The van der Waals surface area contributed by atoms with Crippen molar-refractivity contribution in [3.8, 4) is 0 Å². The van der Waals surface area contributed by atoms with Gasteiger partial charge in [0, 0.05) is 18.2 Å². The zero-order valence-electron chi connectivity index (χ0n) is 17.5. The van der Waals surface area contributed by atoms with Crippen LogP contribution in [0.5, 0.6) is 0 Å². The first-order chi connectivity index (χ1) is 15.6. The zero-order chi connectivity index (χ0) is 25.5. The predicted molar refractivity (Wildman–Crippen MR) is 110 cm³/mol. The molecule has 3 rings (SSSR count). The van der Waals surface area contributed by atoms with Crippen LogP contribution >= 0.6 is 23.5 Å². The highest BCUT2D eigenvalue weighted by Gasteiger charge is 2.44. The summed E-state index contributed by atoms with van der Waals surface area (Å²) < 4.78 is 58.8. The molecule has 1 aliphatic carbocycles. The van der Waals surface area contributed by atoms with Gasteiger partial charge in [0.05, 0.1) is 12.7 Å². The number of nitrogens with one attached hydrogen (secondary N) is 1. The molecular formula is C14H24N3O14P3. The molecule has 0 radical (unpaired) electrons. The zero-order valence-corrected chi connectivity index (χ0v) is 20.2. The van der Waals surface area contributed by atoms with E-state index < -0.39 is 66.0 Å². The first-order valence-electron chi connectivity index (χ1n) is 9.72. The quantitative estimate of drug-likeness (QED) is 0.150. The molecule has 194 valence electrons. The maximum absolute atomic E-state index is 12.2. The topological polar surface area (TPSA) is 259 Å². The van der Waals surface area contributed by atoms with Crippen molar-refractivity contribution in [2.24, 2.45) is 11.7 Å². The Morgan fingerprint density at radius 2 is 1.82 bits per heavy atom. The third-order valence-electron chi connectivity index (χ3n) is 4.87. The number of rotatable bonds is 11. The van der Waals surface area contributed by atoms with Crippen LogP contribution in [-0.2, 0) is 36.3 Å². The molecule has 2 heterocycles. The molecule has 6 atom stereocenters. The van der Waals surface area contributed by atoms with E-state index in [9.17, 15) is 33.1 Å². The van der Waals surface area contributed by atoms with Gasteiger partial charge in [0.2, 0.25) is 0 Å². The van der Waals surface area contributed by atoms with Crippen molar-refractivity contribution in [1.82, 2.24) is 9.55 Å². The van der Waals surface area contributed by atoms with Gasteiger partial charge in [0.25, 0.3) is 5.56 Å². The molecular weight excluding hydrogens is 527 g/mol. The number of nitrogens with two attached hydrogens (primary N) is 1. The molecule has 0 aromatic carbocycles. The van der Waals surface area contributed by atoms with Crippen LogP contribution in [0.2, 0.25) is 0 Å². The van der Waals surface area contributed by atoms with E-state index in [1.54, 1.807) is 0 Å². The molecule has 1 saturated heterocycles. The molecule has 4 unspecified atom stereocenters. The Morgan fingerprint density at radius 1 is 1.18 bits per heavy atom. The first-order valence-corrected chi connectivity index (χ1v) is 14.2. The summed E-state index contributed by atoms with van der Waals surface area (Å²) in [7, 11) is -16.6. The lowest BCUT2D eigenvalue weighted by Crippen LogP contribution is -2.37. The van der Waals surface area contributed by atoms with Crippen molar-refractivity contribution >= 4 is 23.5 Å². The number of phosphoric acid groups is 3. The summed E-state index contributed by atoms with van der Waals surface area (Å²) in [6.07, 6.45) is -0.744. The second-order valence-corrected chi connectivity index (χ2v) is 12.1. The fourth-order valence-corrected chi connectivity index (χ4v) is 6.20. The van der Waals surface area contributed by atoms with Gasteiger partial charge < -0.3 is 34.8 Å². The predicted octanol–water partition coefficient (Wildman–Crippen LogP) is -0.444. The van der Waals surface area contributed by atoms with E-state index in [0.717, 1.165) is 17.4 Å². The molecule has 20 heteroatoms. The number of aromatic amines is 1. The Kier molecular flexibility index (Phi) is 8.22. The number of aryl methyl sites for hydroxylation is 1. The molecule has 1 aromatic heterocycles. The molecule has 2 fully saturated rings. The highest BCUT2D eigenvalue weighted by molar-refractivity contribution is 7.66. The van der Waals surface area contributed by atoms with E-state index in [2.05, 4.69) is 18.1 Å². The molecule has 0 amide bonds. The van der Waals surface area contributed by atoms with Gasteiger partial charge in [-0.2, -0.15) is 8.62 Å². The Morgan fingerprint density at radius 3 is 2.41 bits per heavy atom. The normalized spacial score (nSPS) is 27.8. The van der Waals surface area contributed by atoms with Crippen LogP contribution in [0.4, 0.5) is 0 Å².